The first-order valence-corrected chi connectivity index (χ1v) is 7.70. The Kier molecular flexibility index (Phi) is 3.90. The van der Waals surface area contributed by atoms with Gasteiger partial charge < -0.3 is 10.0 Å². The fourth-order valence-corrected chi connectivity index (χ4v) is 3.02. The van der Waals surface area contributed by atoms with E-state index in [0.29, 0.717) is 13.1 Å². The summed E-state index contributed by atoms with van der Waals surface area (Å²) in [5.41, 5.74) is 4.12. The predicted molar refractivity (Wildman–Crippen MR) is 84.7 cm³/mol. The van der Waals surface area contributed by atoms with E-state index in [9.17, 15) is 9.59 Å². The Morgan fingerprint density at radius 3 is 2.78 bits per heavy atom. The van der Waals surface area contributed by atoms with Crippen LogP contribution in [0.1, 0.15) is 41.2 Å². The zero-order chi connectivity index (χ0) is 16.6. The molecule has 6 nitrogen and oxygen atoms in total. The molecule has 0 bridgehead atoms. The van der Waals surface area contributed by atoms with E-state index in [1.54, 1.807) is 25.1 Å². The van der Waals surface area contributed by atoms with Gasteiger partial charge in [0.1, 0.15) is 0 Å². The van der Waals surface area contributed by atoms with Crippen LogP contribution in [0.25, 0.3) is 5.69 Å². The lowest BCUT2D eigenvalue weighted by Crippen LogP contribution is -2.34. The summed E-state index contributed by atoms with van der Waals surface area (Å²) in [5.74, 6) is -0.885. The van der Waals surface area contributed by atoms with E-state index in [1.807, 2.05) is 22.6 Å². The van der Waals surface area contributed by atoms with Crippen LogP contribution in [-0.4, -0.2) is 38.2 Å². The lowest BCUT2D eigenvalue weighted by molar-refractivity contribution is -0.129. The van der Waals surface area contributed by atoms with Crippen molar-refractivity contribution < 1.29 is 14.7 Å². The quantitative estimate of drug-likeness (QED) is 0.941. The molecule has 2 aromatic rings. The lowest BCUT2D eigenvalue weighted by Gasteiger charge is -2.26. The molecule has 2 heterocycles. The van der Waals surface area contributed by atoms with Gasteiger partial charge in [-0.25, -0.2) is 9.48 Å². The summed E-state index contributed by atoms with van der Waals surface area (Å²) in [4.78, 5) is 24.6. The highest BCUT2D eigenvalue weighted by Crippen LogP contribution is 2.26. The van der Waals surface area contributed by atoms with Crippen molar-refractivity contribution >= 4 is 11.9 Å². The van der Waals surface area contributed by atoms with Gasteiger partial charge in [-0.05, 0) is 24.6 Å². The van der Waals surface area contributed by atoms with Crippen molar-refractivity contribution in [3.8, 4) is 5.69 Å². The van der Waals surface area contributed by atoms with Crippen LogP contribution in [0.5, 0.6) is 0 Å². The number of rotatable bonds is 3. The Balaban J connectivity index is 2.07. The molecule has 1 aromatic heterocycles. The van der Waals surface area contributed by atoms with Crippen molar-refractivity contribution in [3.05, 3.63) is 46.8 Å². The highest BCUT2D eigenvalue weighted by Gasteiger charge is 2.26. The predicted octanol–water partition coefficient (Wildman–Crippen LogP) is 2.04. The number of aromatic nitrogens is 2. The van der Waals surface area contributed by atoms with Crippen molar-refractivity contribution in [1.82, 2.24) is 14.7 Å². The Morgan fingerprint density at radius 2 is 2.13 bits per heavy atom. The van der Waals surface area contributed by atoms with Crippen molar-refractivity contribution in [3.63, 3.8) is 0 Å². The van der Waals surface area contributed by atoms with Gasteiger partial charge in [0.2, 0.25) is 5.91 Å². The van der Waals surface area contributed by atoms with Crippen LogP contribution in [-0.2, 0) is 24.2 Å². The minimum atomic E-state index is -0.952. The maximum atomic E-state index is 11.6. The Morgan fingerprint density at radius 1 is 1.35 bits per heavy atom. The van der Waals surface area contributed by atoms with E-state index in [1.165, 1.54) is 0 Å². The van der Waals surface area contributed by atoms with Gasteiger partial charge in [-0.1, -0.05) is 13.0 Å². The van der Waals surface area contributed by atoms with E-state index in [0.717, 1.165) is 35.5 Å². The molecule has 1 N–H and O–H groups in total. The summed E-state index contributed by atoms with van der Waals surface area (Å²) < 4.78 is 1.83. The van der Waals surface area contributed by atoms with Gasteiger partial charge in [0, 0.05) is 32.0 Å². The van der Waals surface area contributed by atoms with Gasteiger partial charge in [-0.3, -0.25) is 4.79 Å². The second-order valence-corrected chi connectivity index (χ2v) is 5.68. The lowest BCUT2D eigenvalue weighted by atomic mass is 10.0. The molecular formula is C17H19N3O3. The number of amides is 1. The number of aryl methyl sites for hydroxylation is 1. The minimum absolute atomic E-state index is 0.0679. The number of carboxylic acids is 1. The van der Waals surface area contributed by atoms with Crippen molar-refractivity contribution in [1.29, 1.82) is 0 Å². The molecule has 0 unspecified atom stereocenters. The summed E-state index contributed by atoms with van der Waals surface area (Å²) in [5, 5.41) is 13.8. The molecule has 0 saturated heterocycles. The van der Waals surface area contributed by atoms with Gasteiger partial charge in [-0.15, -0.1) is 0 Å². The summed E-state index contributed by atoms with van der Waals surface area (Å²) in [6.45, 7) is 4.85. The Labute approximate surface area is 134 Å². The van der Waals surface area contributed by atoms with Gasteiger partial charge in [-0.2, -0.15) is 5.10 Å². The molecule has 0 saturated carbocycles. The highest BCUT2D eigenvalue weighted by molar-refractivity contribution is 5.88. The third-order valence-corrected chi connectivity index (χ3v) is 4.26. The molecule has 1 amide bonds. The van der Waals surface area contributed by atoms with Gasteiger partial charge in [0.15, 0.2) is 0 Å². The summed E-state index contributed by atoms with van der Waals surface area (Å²) >= 11 is 0. The molecule has 0 spiro atoms. The van der Waals surface area contributed by atoms with E-state index in [4.69, 9.17) is 5.11 Å². The van der Waals surface area contributed by atoms with E-state index in [-0.39, 0.29) is 11.5 Å². The van der Waals surface area contributed by atoms with Gasteiger partial charge in [0.25, 0.3) is 0 Å². The third-order valence-electron chi connectivity index (χ3n) is 4.26. The molecule has 23 heavy (non-hydrogen) atoms. The number of hydrogen-bond donors (Lipinski definition) is 1. The van der Waals surface area contributed by atoms with E-state index < -0.39 is 5.97 Å². The van der Waals surface area contributed by atoms with Crippen molar-refractivity contribution in [2.45, 2.75) is 33.2 Å². The van der Waals surface area contributed by atoms with Crippen LogP contribution in [0.15, 0.2) is 24.3 Å². The number of carboxylic acid groups (broad SMARTS) is 1. The first-order valence-electron chi connectivity index (χ1n) is 7.70. The molecule has 0 atom stereocenters. The summed E-state index contributed by atoms with van der Waals surface area (Å²) in [6, 6.07) is 6.78. The second kappa shape index (κ2) is 5.87. The second-order valence-electron chi connectivity index (χ2n) is 5.68. The molecule has 6 heteroatoms. The average molecular weight is 313 g/mol. The molecule has 1 aliphatic heterocycles. The average Bonchev–Trinajstić information content (AvgIpc) is 2.92. The zero-order valence-corrected chi connectivity index (χ0v) is 13.2. The summed E-state index contributed by atoms with van der Waals surface area (Å²) in [7, 11) is 0. The van der Waals surface area contributed by atoms with E-state index >= 15 is 0 Å². The molecule has 0 aliphatic carbocycles. The van der Waals surface area contributed by atoms with Crippen LogP contribution in [0.4, 0.5) is 0 Å². The monoisotopic (exact) mass is 313 g/mol. The first kappa shape index (κ1) is 15.3. The third kappa shape index (κ3) is 2.72. The smallest absolute Gasteiger partial charge is 0.335 e. The van der Waals surface area contributed by atoms with Crippen molar-refractivity contribution in [2.75, 3.05) is 6.54 Å². The highest BCUT2D eigenvalue weighted by atomic mass is 16.4. The number of carbonyl (C=O) groups is 2. The molecule has 1 aliphatic rings. The van der Waals surface area contributed by atoms with Crippen LogP contribution >= 0.6 is 0 Å². The first-order chi connectivity index (χ1) is 11.0. The van der Waals surface area contributed by atoms with Crippen LogP contribution in [0.3, 0.4) is 0 Å². The topological polar surface area (TPSA) is 75.4 Å². The SMILES string of the molecule is CCc1nn(-c2cccc(C(=O)O)c2)c2c1CN(C(C)=O)CC2. The van der Waals surface area contributed by atoms with Crippen LogP contribution < -0.4 is 0 Å². The van der Waals surface area contributed by atoms with E-state index in [2.05, 4.69) is 5.10 Å². The molecule has 1 aromatic carbocycles. The normalized spacial score (nSPS) is 13.7. The number of carbonyl (C=O) groups excluding carboxylic acids is 1. The Hall–Kier alpha value is -2.63. The summed E-state index contributed by atoms with van der Waals surface area (Å²) in [6.07, 6.45) is 1.50. The number of aromatic carboxylic acids is 1. The number of fused-ring (bicyclic) bond motifs is 1. The zero-order valence-electron chi connectivity index (χ0n) is 13.2. The fourth-order valence-electron chi connectivity index (χ4n) is 3.02. The number of hydrogen-bond acceptors (Lipinski definition) is 3. The molecular weight excluding hydrogens is 294 g/mol. The minimum Gasteiger partial charge on any atom is -0.478 e. The van der Waals surface area contributed by atoms with Gasteiger partial charge >= 0.3 is 5.97 Å². The molecule has 0 radical (unpaired) electrons. The van der Waals surface area contributed by atoms with Crippen LogP contribution in [0, 0.1) is 0 Å². The largest absolute Gasteiger partial charge is 0.478 e. The maximum Gasteiger partial charge on any atom is 0.335 e. The van der Waals surface area contributed by atoms with Gasteiger partial charge in [0.05, 0.1) is 22.6 Å². The maximum absolute atomic E-state index is 11.6. The van der Waals surface area contributed by atoms with Crippen LogP contribution in [0.2, 0.25) is 0 Å². The molecule has 120 valence electrons. The fraction of sp³-hybridized carbons (Fsp3) is 0.353. The van der Waals surface area contributed by atoms with Crippen molar-refractivity contribution in [2.24, 2.45) is 0 Å². The number of nitrogens with zero attached hydrogens (tertiary/aromatic N) is 3. The standard InChI is InChI=1S/C17H19N3O3/c1-3-15-14-10-19(11(2)21)8-7-16(14)20(18-15)13-6-4-5-12(9-13)17(22)23/h4-6,9H,3,7-8,10H2,1-2H3,(H,22,23). The number of benzene rings is 1. The Bertz CT molecular complexity index is 779. The molecule has 0 fully saturated rings. The molecule has 3 rings (SSSR count).